The molecule has 0 aromatic heterocycles. The van der Waals surface area contributed by atoms with Gasteiger partial charge in [-0.15, -0.1) is 0 Å². The monoisotopic (exact) mass is 387 g/mol. The van der Waals surface area contributed by atoms with Crippen LogP contribution in [0.15, 0.2) is 72.8 Å². The molecule has 4 rings (SSSR count). The number of benzene rings is 3. The van der Waals surface area contributed by atoms with Gasteiger partial charge in [-0.05, 0) is 55.2 Å². The van der Waals surface area contributed by atoms with E-state index in [1.807, 2.05) is 63.2 Å². The number of amides is 1. The summed E-state index contributed by atoms with van der Waals surface area (Å²) in [7, 11) is 0. The van der Waals surface area contributed by atoms with Crippen molar-refractivity contribution in [1.82, 2.24) is 0 Å². The third-order valence-electron chi connectivity index (χ3n) is 4.85. The van der Waals surface area contributed by atoms with Crippen molar-refractivity contribution in [2.75, 3.05) is 11.9 Å². The number of fused-ring (bicyclic) bond motifs is 3. The quantitative estimate of drug-likeness (QED) is 0.578. The van der Waals surface area contributed by atoms with Crippen molar-refractivity contribution in [3.8, 4) is 16.9 Å². The first-order valence-electron chi connectivity index (χ1n) is 9.82. The highest BCUT2D eigenvalue weighted by Gasteiger charge is 2.29. The van der Waals surface area contributed by atoms with Gasteiger partial charge in [0, 0.05) is 17.7 Å². The van der Waals surface area contributed by atoms with Gasteiger partial charge >= 0.3 is 6.09 Å². The highest BCUT2D eigenvalue weighted by molar-refractivity contribution is 5.85. The van der Waals surface area contributed by atoms with Crippen LogP contribution in [0.1, 0.15) is 37.8 Å². The Morgan fingerprint density at radius 3 is 2.14 bits per heavy atom. The van der Waals surface area contributed by atoms with E-state index in [4.69, 9.17) is 9.47 Å². The van der Waals surface area contributed by atoms with E-state index in [-0.39, 0.29) is 18.1 Å². The molecule has 0 heterocycles. The van der Waals surface area contributed by atoms with Crippen LogP contribution in [-0.2, 0) is 4.74 Å². The second-order valence-electron chi connectivity index (χ2n) is 8.19. The van der Waals surface area contributed by atoms with Gasteiger partial charge in [-0.3, -0.25) is 5.32 Å². The third-order valence-corrected chi connectivity index (χ3v) is 4.85. The Morgan fingerprint density at radius 1 is 0.897 bits per heavy atom. The lowest BCUT2D eigenvalue weighted by Crippen LogP contribution is -2.23. The van der Waals surface area contributed by atoms with Crippen molar-refractivity contribution in [3.63, 3.8) is 0 Å². The average Bonchev–Trinajstić information content (AvgIpc) is 2.99. The minimum atomic E-state index is -0.472. The minimum absolute atomic E-state index is 0.0451. The summed E-state index contributed by atoms with van der Waals surface area (Å²) in [5.74, 6) is 0.748. The summed E-state index contributed by atoms with van der Waals surface area (Å²) in [5, 5.41) is 2.80. The lowest BCUT2D eigenvalue weighted by Gasteiger charge is -2.21. The molecular weight excluding hydrogens is 362 g/mol. The molecule has 1 aliphatic carbocycles. The molecule has 0 unspecified atom stereocenters. The standard InChI is InChI=1S/C25H25NO3/c1-25(2,3)29-18-10-8-9-17(15-18)26-24(27)28-16-23-21-13-6-4-11-19(21)20-12-5-7-14-22(20)23/h4-15,23H,16H2,1-3H3,(H,26,27). The Balaban J connectivity index is 1.44. The van der Waals surface area contributed by atoms with Crippen LogP contribution in [-0.4, -0.2) is 18.3 Å². The van der Waals surface area contributed by atoms with Gasteiger partial charge in [0.2, 0.25) is 0 Å². The Bertz CT molecular complexity index is 990. The Morgan fingerprint density at radius 2 is 1.52 bits per heavy atom. The van der Waals surface area contributed by atoms with Crippen molar-refractivity contribution < 1.29 is 14.3 Å². The molecule has 3 aromatic carbocycles. The first kappa shape index (κ1) is 19.1. The fourth-order valence-corrected chi connectivity index (χ4v) is 3.74. The van der Waals surface area contributed by atoms with Crippen LogP contribution in [0.5, 0.6) is 5.75 Å². The largest absolute Gasteiger partial charge is 0.488 e. The van der Waals surface area contributed by atoms with E-state index in [1.54, 1.807) is 6.07 Å². The number of carbonyl (C=O) groups excluding carboxylic acids is 1. The van der Waals surface area contributed by atoms with Gasteiger partial charge in [-0.25, -0.2) is 4.79 Å². The number of carbonyl (C=O) groups is 1. The molecular formula is C25H25NO3. The second-order valence-corrected chi connectivity index (χ2v) is 8.19. The van der Waals surface area contributed by atoms with Crippen molar-refractivity contribution in [3.05, 3.63) is 83.9 Å². The van der Waals surface area contributed by atoms with Crippen LogP contribution in [0.3, 0.4) is 0 Å². The van der Waals surface area contributed by atoms with E-state index in [0.717, 1.165) is 0 Å². The van der Waals surface area contributed by atoms with Crippen LogP contribution in [0.2, 0.25) is 0 Å². The summed E-state index contributed by atoms with van der Waals surface area (Å²) < 4.78 is 11.4. The first-order chi connectivity index (χ1) is 13.9. The van der Waals surface area contributed by atoms with E-state index in [0.29, 0.717) is 11.4 Å². The molecule has 0 bridgehead atoms. The fraction of sp³-hybridized carbons (Fsp3) is 0.240. The van der Waals surface area contributed by atoms with Crippen molar-refractivity contribution in [1.29, 1.82) is 0 Å². The molecule has 0 fully saturated rings. The van der Waals surface area contributed by atoms with Gasteiger partial charge in [-0.2, -0.15) is 0 Å². The summed E-state index contributed by atoms with van der Waals surface area (Å²) in [5.41, 5.74) is 5.16. The Kier molecular flexibility index (Phi) is 5.01. The highest BCUT2D eigenvalue weighted by atomic mass is 16.5. The zero-order valence-corrected chi connectivity index (χ0v) is 16.9. The second kappa shape index (κ2) is 7.63. The van der Waals surface area contributed by atoms with Crippen LogP contribution in [0, 0.1) is 0 Å². The van der Waals surface area contributed by atoms with Crippen molar-refractivity contribution >= 4 is 11.8 Å². The summed E-state index contributed by atoms with van der Waals surface area (Å²) in [6.45, 7) is 6.24. The maximum absolute atomic E-state index is 12.4. The number of rotatable bonds is 4. The molecule has 0 atom stereocenters. The predicted molar refractivity (Wildman–Crippen MR) is 116 cm³/mol. The molecule has 1 aliphatic rings. The van der Waals surface area contributed by atoms with Gasteiger partial charge < -0.3 is 9.47 Å². The molecule has 0 saturated carbocycles. The van der Waals surface area contributed by atoms with Gasteiger partial charge in [0.15, 0.2) is 0 Å². The molecule has 0 radical (unpaired) electrons. The third kappa shape index (κ3) is 4.27. The SMILES string of the molecule is CC(C)(C)Oc1cccc(NC(=O)OCC2c3ccccc3-c3ccccc32)c1. The van der Waals surface area contributed by atoms with Gasteiger partial charge in [0.25, 0.3) is 0 Å². The molecule has 1 N–H and O–H groups in total. The number of nitrogens with one attached hydrogen (secondary N) is 1. The van der Waals surface area contributed by atoms with E-state index < -0.39 is 6.09 Å². The highest BCUT2D eigenvalue weighted by Crippen LogP contribution is 2.44. The summed E-state index contributed by atoms with van der Waals surface area (Å²) in [4.78, 5) is 12.4. The van der Waals surface area contributed by atoms with Crippen LogP contribution < -0.4 is 10.1 Å². The molecule has 0 saturated heterocycles. The molecule has 4 nitrogen and oxygen atoms in total. The zero-order valence-electron chi connectivity index (χ0n) is 16.9. The maximum Gasteiger partial charge on any atom is 0.411 e. The molecule has 148 valence electrons. The zero-order chi connectivity index (χ0) is 20.4. The van der Waals surface area contributed by atoms with Gasteiger partial charge in [0.1, 0.15) is 18.0 Å². The number of ether oxygens (including phenoxy) is 2. The van der Waals surface area contributed by atoms with E-state index in [2.05, 4.69) is 29.6 Å². The van der Waals surface area contributed by atoms with E-state index >= 15 is 0 Å². The maximum atomic E-state index is 12.4. The topological polar surface area (TPSA) is 47.6 Å². The lowest BCUT2D eigenvalue weighted by atomic mass is 9.98. The lowest BCUT2D eigenvalue weighted by molar-refractivity contribution is 0.131. The van der Waals surface area contributed by atoms with Crippen molar-refractivity contribution in [2.24, 2.45) is 0 Å². The number of hydrogen-bond acceptors (Lipinski definition) is 3. The van der Waals surface area contributed by atoms with Crippen molar-refractivity contribution in [2.45, 2.75) is 32.3 Å². The molecule has 1 amide bonds. The molecule has 0 spiro atoms. The van der Waals surface area contributed by atoms with E-state index in [1.165, 1.54) is 22.3 Å². The number of hydrogen-bond donors (Lipinski definition) is 1. The van der Waals surface area contributed by atoms with Crippen LogP contribution in [0.25, 0.3) is 11.1 Å². The number of anilines is 1. The Labute approximate surface area is 171 Å². The summed E-state index contributed by atoms with van der Waals surface area (Å²) >= 11 is 0. The van der Waals surface area contributed by atoms with Crippen LogP contribution >= 0.6 is 0 Å². The van der Waals surface area contributed by atoms with E-state index in [9.17, 15) is 4.79 Å². The molecule has 3 aromatic rings. The smallest absolute Gasteiger partial charge is 0.411 e. The van der Waals surface area contributed by atoms with Crippen LogP contribution in [0.4, 0.5) is 10.5 Å². The predicted octanol–water partition coefficient (Wildman–Crippen LogP) is 6.22. The summed E-state index contributed by atoms with van der Waals surface area (Å²) in [6, 6.07) is 23.9. The fourth-order valence-electron chi connectivity index (χ4n) is 3.74. The van der Waals surface area contributed by atoms with Gasteiger partial charge in [-0.1, -0.05) is 54.6 Å². The molecule has 29 heavy (non-hydrogen) atoms. The average molecular weight is 387 g/mol. The Hall–Kier alpha value is -3.27. The normalized spacial score (nSPS) is 12.8. The summed E-state index contributed by atoms with van der Waals surface area (Å²) in [6.07, 6.45) is -0.472. The first-order valence-corrected chi connectivity index (χ1v) is 9.82. The van der Waals surface area contributed by atoms with Gasteiger partial charge in [0.05, 0.1) is 0 Å². The molecule has 4 heteroatoms. The molecule has 0 aliphatic heterocycles. The minimum Gasteiger partial charge on any atom is -0.488 e.